The van der Waals surface area contributed by atoms with Crippen LogP contribution in [-0.4, -0.2) is 33.1 Å². The Bertz CT molecular complexity index is 1150. The molecule has 0 saturated carbocycles. The van der Waals surface area contributed by atoms with Crippen molar-refractivity contribution in [2.45, 2.75) is 20.1 Å². The number of hydrogen-bond donors (Lipinski definition) is 0. The number of aromatic nitrogens is 4. The zero-order chi connectivity index (χ0) is 20.9. The molecule has 0 unspecified atom stereocenters. The van der Waals surface area contributed by atoms with Gasteiger partial charge in [0.1, 0.15) is 17.0 Å². The maximum absolute atomic E-state index is 12.8. The van der Waals surface area contributed by atoms with Crippen molar-refractivity contribution >= 4 is 5.97 Å². The van der Waals surface area contributed by atoms with Crippen LogP contribution in [0.1, 0.15) is 27.7 Å². The number of esters is 1. The molecule has 8 heteroatoms. The first-order valence-corrected chi connectivity index (χ1v) is 9.34. The zero-order valence-corrected chi connectivity index (χ0v) is 16.6. The number of methoxy groups -OCH3 is 1. The van der Waals surface area contributed by atoms with Crippen molar-refractivity contribution in [3.8, 4) is 17.0 Å². The van der Waals surface area contributed by atoms with Gasteiger partial charge in [-0.05, 0) is 17.7 Å². The third kappa shape index (κ3) is 4.38. The third-order valence-electron chi connectivity index (χ3n) is 4.41. The lowest BCUT2D eigenvalue weighted by atomic mass is 10.1. The maximum Gasteiger partial charge on any atom is 0.342 e. The van der Waals surface area contributed by atoms with Crippen LogP contribution in [0.3, 0.4) is 0 Å². The van der Waals surface area contributed by atoms with Crippen molar-refractivity contribution < 1.29 is 18.7 Å². The third-order valence-corrected chi connectivity index (χ3v) is 4.41. The first kappa shape index (κ1) is 19.4. The summed E-state index contributed by atoms with van der Waals surface area (Å²) in [5.74, 6) is 0.794. The summed E-state index contributed by atoms with van der Waals surface area (Å²) in [6.07, 6.45) is 1.68. The topological polar surface area (TPSA) is 92.3 Å². The Morgan fingerprint density at radius 2 is 1.93 bits per heavy atom. The normalized spacial score (nSPS) is 10.7. The van der Waals surface area contributed by atoms with Crippen molar-refractivity contribution in [1.82, 2.24) is 20.0 Å². The van der Waals surface area contributed by atoms with Crippen molar-refractivity contribution in [2.24, 2.45) is 0 Å². The predicted octanol–water partition coefficient (Wildman–Crippen LogP) is 3.66. The summed E-state index contributed by atoms with van der Waals surface area (Å²) in [7, 11) is 1.59. The summed E-state index contributed by atoms with van der Waals surface area (Å²) in [6.45, 7) is 2.09. The summed E-state index contributed by atoms with van der Waals surface area (Å²) >= 11 is 0. The number of hydrogen-bond acceptors (Lipinski definition) is 7. The van der Waals surface area contributed by atoms with E-state index in [-0.39, 0.29) is 12.5 Å². The van der Waals surface area contributed by atoms with Gasteiger partial charge in [0.25, 0.3) is 5.89 Å². The Morgan fingerprint density at radius 1 is 1.10 bits per heavy atom. The van der Waals surface area contributed by atoms with Crippen LogP contribution >= 0.6 is 0 Å². The molecule has 152 valence electrons. The number of ether oxygens (including phenoxy) is 2. The first-order chi connectivity index (χ1) is 14.6. The molecule has 0 spiro atoms. The Hall–Kier alpha value is -3.94. The van der Waals surface area contributed by atoms with Gasteiger partial charge in [-0.1, -0.05) is 42.5 Å². The molecule has 2 aromatic heterocycles. The van der Waals surface area contributed by atoms with E-state index in [0.717, 1.165) is 11.1 Å². The van der Waals surface area contributed by atoms with Crippen LogP contribution in [0.4, 0.5) is 0 Å². The van der Waals surface area contributed by atoms with E-state index in [1.165, 1.54) is 0 Å². The van der Waals surface area contributed by atoms with Gasteiger partial charge in [0.15, 0.2) is 6.61 Å². The van der Waals surface area contributed by atoms with Crippen LogP contribution in [0, 0.1) is 6.92 Å². The molecule has 0 fully saturated rings. The van der Waals surface area contributed by atoms with E-state index in [2.05, 4.69) is 15.3 Å². The highest BCUT2D eigenvalue weighted by atomic mass is 16.5. The van der Waals surface area contributed by atoms with E-state index in [9.17, 15) is 4.79 Å². The number of aryl methyl sites for hydroxylation is 1. The second kappa shape index (κ2) is 8.60. The molecule has 0 aliphatic rings. The number of carbonyl (C=O) groups is 1. The van der Waals surface area contributed by atoms with Crippen molar-refractivity contribution in [2.75, 3.05) is 7.11 Å². The molecular formula is C22H20N4O4. The summed E-state index contributed by atoms with van der Waals surface area (Å²) in [5, 5.41) is 12.2. The molecule has 2 aromatic carbocycles. The largest absolute Gasteiger partial charge is 0.497 e. The Morgan fingerprint density at radius 3 is 2.67 bits per heavy atom. The van der Waals surface area contributed by atoms with E-state index in [0.29, 0.717) is 29.4 Å². The van der Waals surface area contributed by atoms with E-state index in [1.807, 2.05) is 54.6 Å². The van der Waals surface area contributed by atoms with E-state index in [4.69, 9.17) is 13.9 Å². The lowest BCUT2D eigenvalue weighted by Gasteiger charge is -2.05. The van der Waals surface area contributed by atoms with Gasteiger partial charge in [-0.2, -0.15) is 5.10 Å². The van der Waals surface area contributed by atoms with Gasteiger partial charge >= 0.3 is 5.97 Å². The van der Waals surface area contributed by atoms with E-state index in [1.54, 1.807) is 24.9 Å². The van der Waals surface area contributed by atoms with E-state index < -0.39 is 5.97 Å². The summed E-state index contributed by atoms with van der Waals surface area (Å²) in [5.41, 5.74) is 2.67. The van der Waals surface area contributed by atoms with Crippen LogP contribution in [-0.2, 0) is 17.9 Å². The van der Waals surface area contributed by atoms with Gasteiger partial charge in [-0.15, -0.1) is 10.2 Å². The fraction of sp³-hybridized carbons (Fsp3) is 0.182. The highest BCUT2D eigenvalue weighted by molar-refractivity contribution is 5.96. The van der Waals surface area contributed by atoms with Crippen LogP contribution in [0.2, 0.25) is 0 Å². The average molecular weight is 404 g/mol. The lowest BCUT2D eigenvalue weighted by molar-refractivity contribution is 0.0437. The molecule has 0 atom stereocenters. The van der Waals surface area contributed by atoms with E-state index >= 15 is 0 Å². The van der Waals surface area contributed by atoms with Crippen molar-refractivity contribution in [3.05, 3.63) is 83.7 Å². The highest BCUT2D eigenvalue weighted by Crippen LogP contribution is 2.27. The summed E-state index contributed by atoms with van der Waals surface area (Å²) in [4.78, 5) is 12.8. The molecule has 0 aliphatic heterocycles. The molecule has 0 aliphatic carbocycles. The monoisotopic (exact) mass is 404 g/mol. The minimum atomic E-state index is -0.525. The molecule has 8 nitrogen and oxygen atoms in total. The molecule has 4 aromatic rings. The average Bonchev–Trinajstić information content (AvgIpc) is 3.39. The van der Waals surface area contributed by atoms with Gasteiger partial charge in [0, 0.05) is 18.7 Å². The molecule has 0 bridgehead atoms. The van der Waals surface area contributed by atoms with Crippen LogP contribution in [0.5, 0.6) is 5.75 Å². The quantitative estimate of drug-likeness (QED) is 0.434. The molecule has 0 saturated heterocycles. The van der Waals surface area contributed by atoms with Crippen molar-refractivity contribution in [3.63, 3.8) is 0 Å². The molecule has 0 radical (unpaired) electrons. The molecule has 0 amide bonds. The molecule has 30 heavy (non-hydrogen) atoms. The lowest BCUT2D eigenvalue weighted by Crippen LogP contribution is -2.06. The van der Waals surface area contributed by atoms with Gasteiger partial charge in [-0.25, -0.2) is 4.79 Å². The highest BCUT2D eigenvalue weighted by Gasteiger charge is 2.21. The zero-order valence-electron chi connectivity index (χ0n) is 16.6. The summed E-state index contributed by atoms with van der Waals surface area (Å²) < 4.78 is 17.7. The molecule has 0 N–H and O–H groups in total. The second-order valence-electron chi connectivity index (χ2n) is 6.60. The molecular weight excluding hydrogens is 384 g/mol. The first-order valence-electron chi connectivity index (χ1n) is 9.34. The number of rotatable bonds is 7. The van der Waals surface area contributed by atoms with Crippen LogP contribution in [0.15, 0.2) is 65.2 Å². The smallest absolute Gasteiger partial charge is 0.342 e. The SMILES string of the molecule is COc1cccc(-c2nn(Cc3ccccc3)cc2C(=O)OCc2nnc(C)o2)c1. The molecule has 4 rings (SSSR count). The Kier molecular flexibility index (Phi) is 5.56. The summed E-state index contributed by atoms with van der Waals surface area (Å²) in [6, 6.07) is 17.3. The Balaban J connectivity index is 1.64. The predicted molar refractivity (Wildman–Crippen MR) is 108 cm³/mol. The molecule has 2 heterocycles. The maximum atomic E-state index is 12.8. The van der Waals surface area contributed by atoms with Crippen molar-refractivity contribution in [1.29, 1.82) is 0 Å². The van der Waals surface area contributed by atoms with Gasteiger partial charge < -0.3 is 13.9 Å². The van der Waals surface area contributed by atoms with Gasteiger partial charge in [0.2, 0.25) is 5.89 Å². The van der Waals surface area contributed by atoms with Crippen LogP contribution in [0.25, 0.3) is 11.3 Å². The Labute approximate surface area is 173 Å². The fourth-order valence-electron chi connectivity index (χ4n) is 3.01. The van der Waals surface area contributed by atoms with Crippen LogP contribution < -0.4 is 4.74 Å². The number of benzene rings is 2. The number of carbonyl (C=O) groups excluding carboxylic acids is 1. The second-order valence-corrected chi connectivity index (χ2v) is 6.60. The number of nitrogens with zero attached hydrogens (tertiary/aromatic N) is 4. The minimum Gasteiger partial charge on any atom is -0.497 e. The van der Waals surface area contributed by atoms with Gasteiger partial charge in [-0.3, -0.25) is 4.68 Å². The van der Waals surface area contributed by atoms with Gasteiger partial charge in [0.05, 0.1) is 13.7 Å². The standard InChI is InChI=1S/C22H20N4O4/c1-15-23-24-20(30-15)14-29-22(27)19-13-26(12-16-7-4-3-5-8-16)25-21(19)17-9-6-10-18(11-17)28-2/h3-11,13H,12,14H2,1-2H3. The fourth-order valence-corrected chi connectivity index (χ4v) is 3.01. The minimum absolute atomic E-state index is 0.110.